The number of nitro groups is 1. The van der Waals surface area contributed by atoms with Gasteiger partial charge in [-0.15, -0.1) is 0 Å². The average Bonchev–Trinajstić information content (AvgIpc) is 2.64. The van der Waals surface area contributed by atoms with Gasteiger partial charge in [0.05, 0.1) is 10.6 Å². The SMILES string of the molecule is CN1CCC(Cc2ccc(Cl)nc2)C1=C[N+](=O)[O-]. The van der Waals surface area contributed by atoms with Crippen molar-refractivity contribution in [3.8, 4) is 0 Å². The largest absolute Gasteiger partial charge is 0.373 e. The summed E-state index contributed by atoms with van der Waals surface area (Å²) >= 11 is 5.73. The van der Waals surface area contributed by atoms with Gasteiger partial charge in [-0.25, -0.2) is 4.98 Å². The van der Waals surface area contributed by atoms with Gasteiger partial charge in [0.15, 0.2) is 0 Å². The van der Waals surface area contributed by atoms with E-state index in [-0.39, 0.29) is 10.8 Å². The first-order valence-corrected chi connectivity index (χ1v) is 6.11. The molecular formula is C12H14ClN3O2. The van der Waals surface area contributed by atoms with Crippen LogP contribution in [0.3, 0.4) is 0 Å². The summed E-state index contributed by atoms with van der Waals surface area (Å²) in [4.78, 5) is 16.2. The third kappa shape index (κ3) is 2.98. The number of hydrogen-bond donors (Lipinski definition) is 0. The van der Waals surface area contributed by atoms with Crippen molar-refractivity contribution in [2.75, 3.05) is 13.6 Å². The lowest BCUT2D eigenvalue weighted by Gasteiger charge is -2.14. The zero-order valence-electron chi connectivity index (χ0n) is 10.0. The van der Waals surface area contributed by atoms with E-state index in [9.17, 15) is 10.1 Å². The van der Waals surface area contributed by atoms with Gasteiger partial charge >= 0.3 is 0 Å². The second kappa shape index (κ2) is 5.35. The molecule has 0 N–H and O–H groups in total. The first kappa shape index (κ1) is 12.8. The Bertz CT molecular complexity index is 473. The van der Waals surface area contributed by atoms with E-state index >= 15 is 0 Å². The second-order valence-electron chi connectivity index (χ2n) is 4.44. The Labute approximate surface area is 110 Å². The number of likely N-dealkylation sites (tertiary alicyclic amines) is 1. The predicted octanol–water partition coefficient (Wildman–Crippen LogP) is 2.35. The first-order chi connectivity index (χ1) is 8.56. The zero-order valence-corrected chi connectivity index (χ0v) is 10.8. The van der Waals surface area contributed by atoms with Crippen molar-refractivity contribution >= 4 is 11.6 Å². The fourth-order valence-corrected chi connectivity index (χ4v) is 2.38. The Hall–Kier alpha value is -1.62. The first-order valence-electron chi connectivity index (χ1n) is 5.73. The minimum Gasteiger partial charge on any atom is -0.373 e. The van der Waals surface area contributed by atoms with Gasteiger partial charge in [-0.3, -0.25) is 10.1 Å². The van der Waals surface area contributed by atoms with E-state index in [0.29, 0.717) is 5.15 Å². The van der Waals surface area contributed by atoms with E-state index in [4.69, 9.17) is 11.6 Å². The average molecular weight is 268 g/mol. The molecule has 18 heavy (non-hydrogen) atoms. The van der Waals surface area contributed by atoms with E-state index < -0.39 is 0 Å². The Morgan fingerprint density at radius 2 is 2.44 bits per heavy atom. The molecule has 0 radical (unpaired) electrons. The van der Waals surface area contributed by atoms with Crippen LogP contribution in [0, 0.1) is 16.0 Å². The molecule has 0 aliphatic carbocycles. The molecule has 1 aliphatic heterocycles. The number of hydrogen-bond acceptors (Lipinski definition) is 4. The van der Waals surface area contributed by atoms with Crippen LogP contribution < -0.4 is 0 Å². The van der Waals surface area contributed by atoms with Gasteiger partial charge in [0.2, 0.25) is 0 Å². The summed E-state index contributed by atoms with van der Waals surface area (Å²) in [5, 5.41) is 11.1. The summed E-state index contributed by atoms with van der Waals surface area (Å²) in [6.45, 7) is 0.853. The highest BCUT2D eigenvalue weighted by Gasteiger charge is 2.28. The van der Waals surface area contributed by atoms with Crippen molar-refractivity contribution in [1.82, 2.24) is 9.88 Å². The Balaban J connectivity index is 2.13. The summed E-state index contributed by atoms with van der Waals surface area (Å²) in [5.74, 6) is 0.184. The number of nitrogens with zero attached hydrogens (tertiary/aromatic N) is 3. The molecule has 1 atom stereocenters. The van der Waals surface area contributed by atoms with Gasteiger partial charge in [-0.2, -0.15) is 0 Å². The highest BCUT2D eigenvalue weighted by molar-refractivity contribution is 6.29. The molecule has 2 heterocycles. The molecule has 0 aromatic carbocycles. The molecule has 1 aromatic rings. The third-order valence-electron chi connectivity index (χ3n) is 3.18. The van der Waals surface area contributed by atoms with Crippen LogP contribution in [0.15, 0.2) is 30.2 Å². The third-order valence-corrected chi connectivity index (χ3v) is 3.40. The number of rotatable bonds is 3. The van der Waals surface area contributed by atoms with E-state index in [1.165, 1.54) is 0 Å². The monoisotopic (exact) mass is 267 g/mol. The van der Waals surface area contributed by atoms with Gasteiger partial charge in [0.25, 0.3) is 6.20 Å². The van der Waals surface area contributed by atoms with Gasteiger partial charge in [0, 0.05) is 25.7 Å². The molecule has 1 fully saturated rings. The standard InChI is InChI=1S/C12H14ClN3O2/c1-15-5-4-10(11(15)8-16(17)18)6-9-2-3-12(13)14-7-9/h2-3,7-8,10H,4-6H2,1H3. The highest BCUT2D eigenvalue weighted by atomic mass is 35.5. The molecule has 2 rings (SSSR count). The smallest absolute Gasteiger partial charge is 0.253 e. The zero-order chi connectivity index (χ0) is 13.1. The van der Waals surface area contributed by atoms with Crippen LogP contribution in [0.25, 0.3) is 0 Å². The van der Waals surface area contributed by atoms with Crippen molar-refractivity contribution in [3.05, 3.63) is 51.1 Å². The minimum absolute atomic E-state index is 0.184. The van der Waals surface area contributed by atoms with Crippen molar-refractivity contribution < 1.29 is 4.92 Å². The number of pyridine rings is 1. The van der Waals surface area contributed by atoms with Gasteiger partial charge in [-0.05, 0) is 24.5 Å². The lowest BCUT2D eigenvalue weighted by molar-refractivity contribution is -0.404. The summed E-state index contributed by atoms with van der Waals surface area (Å²) in [6, 6.07) is 3.66. The lowest BCUT2D eigenvalue weighted by atomic mass is 9.97. The van der Waals surface area contributed by atoms with Crippen LogP contribution in [0.5, 0.6) is 0 Å². The Kier molecular flexibility index (Phi) is 3.81. The molecule has 0 amide bonds. The molecule has 1 aliphatic rings. The van der Waals surface area contributed by atoms with Crippen LogP contribution in [-0.2, 0) is 6.42 Å². The quantitative estimate of drug-likeness (QED) is 0.479. The van der Waals surface area contributed by atoms with Crippen molar-refractivity contribution in [3.63, 3.8) is 0 Å². The normalized spacial score (nSPS) is 21.6. The molecule has 1 unspecified atom stereocenters. The molecule has 0 bridgehead atoms. The van der Waals surface area contributed by atoms with Gasteiger partial charge in [0.1, 0.15) is 5.15 Å². The van der Waals surface area contributed by atoms with Crippen LogP contribution in [0.4, 0.5) is 0 Å². The Morgan fingerprint density at radius 1 is 1.67 bits per heavy atom. The van der Waals surface area contributed by atoms with Gasteiger partial charge < -0.3 is 4.90 Å². The topological polar surface area (TPSA) is 59.3 Å². The summed E-state index contributed by atoms with van der Waals surface area (Å²) < 4.78 is 0. The molecule has 5 nitrogen and oxygen atoms in total. The van der Waals surface area contributed by atoms with Crippen molar-refractivity contribution in [2.24, 2.45) is 5.92 Å². The van der Waals surface area contributed by atoms with Crippen LogP contribution in [0.1, 0.15) is 12.0 Å². The maximum atomic E-state index is 10.6. The number of allylic oxidation sites excluding steroid dienone is 1. The van der Waals surface area contributed by atoms with E-state index in [0.717, 1.165) is 36.8 Å². The fourth-order valence-electron chi connectivity index (χ4n) is 2.27. The second-order valence-corrected chi connectivity index (χ2v) is 4.83. The summed E-state index contributed by atoms with van der Waals surface area (Å²) in [5.41, 5.74) is 1.84. The van der Waals surface area contributed by atoms with Crippen LogP contribution in [-0.4, -0.2) is 28.4 Å². The fraction of sp³-hybridized carbons (Fsp3) is 0.417. The molecule has 1 aromatic heterocycles. The predicted molar refractivity (Wildman–Crippen MR) is 68.8 cm³/mol. The van der Waals surface area contributed by atoms with Gasteiger partial charge in [-0.1, -0.05) is 17.7 Å². The van der Waals surface area contributed by atoms with E-state index in [1.54, 1.807) is 12.3 Å². The minimum atomic E-state index is -0.385. The molecule has 0 saturated carbocycles. The highest BCUT2D eigenvalue weighted by Crippen LogP contribution is 2.29. The van der Waals surface area contributed by atoms with Crippen LogP contribution in [0.2, 0.25) is 5.15 Å². The molecule has 1 saturated heterocycles. The number of aromatic nitrogens is 1. The number of halogens is 1. The maximum absolute atomic E-state index is 10.6. The molecule has 0 spiro atoms. The van der Waals surface area contributed by atoms with Crippen molar-refractivity contribution in [1.29, 1.82) is 0 Å². The van der Waals surface area contributed by atoms with E-state index in [1.807, 2.05) is 18.0 Å². The van der Waals surface area contributed by atoms with E-state index in [2.05, 4.69) is 4.98 Å². The van der Waals surface area contributed by atoms with Crippen molar-refractivity contribution in [2.45, 2.75) is 12.8 Å². The summed E-state index contributed by atoms with van der Waals surface area (Å²) in [7, 11) is 1.88. The van der Waals surface area contributed by atoms with Crippen LogP contribution >= 0.6 is 11.6 Å². The molecule has 6 heteroatoms. The Morgan fingerprint density at radius 3 is 3.06 bits per heavy atom. The molecule has 96 valence electrons. The maximum Gasteiger partial charge on any atom is 0.253 e. The lowest BCUT2D eigenvalue weighted by Crippen LogP contribution is -2.14. The molecular weight excluding hydrogens is 254 g/mol. The summed E-state index contributed by atoms with van der Waals surface area (Å²) in [6.07, 6.45) is 4.53.